The lowest BCUT2D eigenvalue weighted by molar-refractivity contribution is 0.0588. The van der Waals surface area contributed by atoms with Crippen molar-refractivity contribution in [2.24, 2.45) is 5.90 Å². The van der Waals surface area contributed by atoms with Gasteiger partial charge in [0.05, 0.1) is 11.8 Å². The lowest BCUT2D eigenvalue weighted by Crippen LogP contribution is -2.24. The van der Waals surface area contributed by atoms with Crippen molar-refractivity contribution in [3.63, 3.8) is 0 Å². The van der Waals surface area contributed by atoms with Gasteiger partial charge >= 0.3 is 0 Å². The highest BCUT2D eigenvalue weighted by Crippen LogP contribution is 2.13. The Labute approximate surface area is 83.6 Å². The predicted molar refractivity (Wildman–Crippen MR) is 53.2 cm³/mol. The van der Waals surface area contributed by atoms with Crippen LogP contribution in [0.4, 0.5) is 0 Å². The zero-order chi connectivity index (χ0) is 9.80. The maximum atomic E-state index is 5.15. The smallest absolute Gasteiger partial charge is 0.0926 e. The molecule has 0 radical (unpaired) electrons. The van der Waals surface area contributed by atoms with Crippen LogP contribution in [0.25, 0.3) is 0 Å². The molecule has 0 aliphatic carbocycles. The number of likely N-dealkylation sites (tertiary alicyclic amines) is 1. The normalized spacial score (nSPS) is 22.8. The second-order valence-corrected chi connectivity index (χ2v) is 3.60. The van der Waals surface area contributed by atoms with Crippen molar-refractivity contribution < 1.29 is 4.84 Å². The molecule has 1 saturated heterocycles. The molecule has 1 atom stereocenters. The van der Waals surface area contributed by atoms with E-state index < -0.39 is 0 Å². The summed E-state index contributed by atoms with van der Waals surface area (Å²) < 4.78 is 0. The summed E-state index contributed by atoms with van der Waals surface area (Å²) in [6.07, 6.45) is 3.03. The van der Waals surface area contributed by atoms with Crippen molar-refractivity contribution in [2.75, 3.05) is 13.1 Å². The van der Waals surface area contributed by atoms with E-state index in [1.54, 1.807) is 0 Å². The van der Waals surface area contributed by atoms with Crippen LogP contribution in [-0.2, 0) is 11.4 Å². The number of rotatable bonds is 3. The number of hydrogen-bond acceptors (Lipinski definition) is 4. The summed E-state index contributed by atoms with van der Waals surface area (Å²) in [5.74, 6) is 5.15. The minimum Gasteiger partial charge on any atom is -0.300 e. The Kier molecular flexibility index (Phi) is 3.08. The van der Waals surface area contributed by atoms with E-state index in [0.717, 1.165) is 31.7 Å². The molecule has 1 aromatic heterocycles. The highest BCUT2D eigenvalue weighted by atomic mass is 16.6. The van der Waals surface area contributed by atoms with Gasteiger partial charge in [-0.2, -0.15) is 0 Å². The molecule has 76 valence electrons. The van der Waals surface area contributed by atoms with Gasteiger partial charge in [-0.05, 0) is 18.6 Å². The Morgan fingerprint density at radius 3 is 3.14 bits per heavy atom. The van der Waals surface area contributed by atoms with Crippen molar-refractivity contribution in [3.05, 3.63) is 30.1 Å². The molecule has 0 amide bonds. The molecule has 2 N–H and O–H groups in total. The topological polar surface area (TPSA) is 51.4 Å². The van der Waals surface area contributed by atoms with Crippen molar-refractivity contribution >= 4 is 0 Å². The first-order chi connectivity index (χ1) is 6.88. The molecule has 1 unspecified atom stereocenters. The van der Waals surface area contributed by atoms with E-state index >= 15 is 0 Å². The Hall–Kier alpha value is -0.970. The number of pyridine rings is 1. The molecule has 1 aliphatic heterocycles. The van der Waals surface area contributed by atoms with Gasteiger partial charge in [-0.1, -0.05) is 6.07 Å². The van der Waals surface area contributed by atoms with Crippen molar-refractivity contribution in [1.82, 2.24) is 9.88 Å². The Bertz CT molecular complexity index is 278. The van der Waals surface area contributed by atoms with Crippen LogP contribution in [0, 0.1) is 0 Å². The first kappa shape index (κ1) is 9.58. The SMILES string of the molecule is NOC1CCN(Cc2ccccn2)C1. The van der Waals surface area contributed by atoms with Gasteiger partial charge in [0, 0.05) is 25.8 Å². The van der Waals surface area contributed by atoms with Gasteiger partial charge in [-0.3, -0.25) is 14.7 Å². The van der Waals surface area contributed by atoms with E-state index in [4.69, 9.17) is 10.7 Å². The van der Waals surface area contributed by atoms with E-state index in [9.17, 15) is 0 Å². The molecule has 14 heavy (non-hydrogen) atoms. The maximum absolute atomic E-state index is 5.15. The van der Waals surface area contributed by atoms with E-state index in [1.807, 2.05) is 24.4 Å². The average molecular weight is 193 g/mol. The molecule has 0 saturated carbocycles. The quantitative estimate of drug-likeness (QED) is 0.712. The Morgan fingerprint density at radius 1 is 1.57 bits per heavy atom. The highest BCUT2D eigenvalue weighted by molar-refractivity contribution is 5.03. The van der Waals surface area contributed by atoms with Gasteiger partial charge < -0.3 is 0 Å². The fourth-order valence-electron chi connectivity index (χ4n) is 1.77. The lowest BCUT2D eigenvalue weighted by atomic mass is 10.3. The summed E-state index contributed by atoms with van der Waals surface area (Å²) in [4.78, 5) is 11.4. The molecule has 1 aromatic rings. The molecule has 0 aromatic carbocycles. The zero-order valence-electron chi connectivity index (χ0n) is 8.10. The van der Waals surface area contributed by atoms with Gasteiger partial charge in [0.25, 0.3) is 0 Å². The van der Waals surface area contributed by atoms with Crippen LogP contribution in [0.15, 0.2) is 24.4 Å². The van der Waals surface area contributed by atoms with Gasteiger partial charge in [-0.25, -0.2) is 5.90 Å². The van der Waals surface area contributed by atoms with Gasteiger partial charge in [0.2, 0.25) is 0 Å². The summed E-state index contributed by atoms with van der Waals surface area (Å²) in [6, 6.07) is 5.98. The fourth-order valence-corrected chi connectivity index (χ4v) is 1.77. The fraction of sp³-hybridized carbons (Fsp3) is 0.500. The van der Waals surface area contributed by atoms with Crippen LogP contribution in [0.2, 0.25) is 0 Å². The number of aromatic nitrogens is 1. The van der Waals surface area contributed by atoms with Crippen LogP contribution >= 0.6 is 0 Å². The number of hydrogen-bond donors (Lipinski definition) is 1. The van der Waals surface area contributed by atoms with Gasteiger partial charge in [0.15, 0.2) is 0 Å². The second-order valence-electron chi connectivity index (χ2n) is 3.60. The molecule has 0 bridgehead atoms. The van der Waals surface area contributed by atoms with Crippen LogP contribution in [0.3, 0.4) is 0 Å². The van der Waals surface area contributed by atoms with E-state index in [-0.39, 0.29) is 6.10 Å². The molecule has 1 fully saturated rings. The number of nitrogens with zero attached hydrogens (tertiary/aromatic N) is 2. The lowest BCUT2D eigenvalue weighted by Gasteiger charge is -2.14. The molecule has 2 rings (SSSR count). The van der Waals surface area contributed by atoms with E-state index in [1.165, 1.54) is 0 Å². The predicted octanol–water partition coefficient (Wildman–Crippen LogP) is 0.546. The van der Waals surface area contributed by atoms with E-state index in [0.29, 0.717) is 0 Å². The average Bonchev–Trinajstić information content (AvgIpc) is 2.67. The van der Waals surface area contributed by atoms with Gasteiger partial charge in [-0.15, -0.1) is 0 Å². The van der Waals surface area contributed by atoms with Crippen molar-refractivity contribution in [1.29, 1.82) is 0 Å². The van der Waals surface area contributed by atoms with Crippen LogP contribution in [0.1, 0.15) is 12.1 Å². The highest BCUT2D eigenvalue weighted by Gasteiger charge is 2.22. The standard InChI is InChI=1S/C10H15N3O/c11-14-10-4-6-13(8-10)7-9-3-1-2-5-12-9/h1-3,5,10H,4,6-8,11H2. The monoisotopic (exact) mass is 193 g/mol. The summed E-state index contributed by atoms with van der Waals surface area (Å²) in [6.45, 7) is 2.84. The summed E-state index contributed by atoms with van der Waals surface area (Å²) in [5.41, 5.74) is 1.10. The minimum absolute atomic E-state index is 0.193. The van der Waals surface area contributed by atoms with Crippen molar-refractivity contribution in [3.8, 4) is 0 Å². The second kappa shape index (κ2) is 4.50. The molecule has 1 aliphatic rings. The first-order valence-electron chi connectivity index (χ1n) is 4.86. The number of nitrogens with two attached hydrogens (primary N) is 1. The molecular formula is C10H15N3O. The molecule has 4 nitrogen and oxygen atoms in total. The Morgan fingerprint density at radius 2 is 2.50 bits per heavy atom. The molecule has 0 spiro atoms. The summed E-state index contributed by atoms with van der Waals surface area (Å²) >= 11 is 0. The summed E-state index contributed by atoms with van der Waals surface area (Å²) in [5, 5.41) is 0. The third-order valence-electron chi connectivity index (χ3n) is 2.53. The van der Waals surface area contributed by atoms with Crippen LogP contribution < -0.4 is 5.90 Å². The largest absolute Gasteiger partial charge is 0.300 e. The Balaban J connectivity index is 1.88. The molecule has 4 heteroatoms. The minimum atomic E-state index is 0.193. The first-order valence-corrected chi connectivity index (χ1v) is 4.86. The third-order valence-corrected chi connectivity index (χ3v) is 2.53. The van der Waals surface area contributed by atoms with Gasteiger partial charge in [0.1, 0.15) is 0 Å². The van der Waals surface area contributed by atoms with E-state index in [2.05, 4.69) is 9.88 Å². The summed E-state index contributed by atoms with van der Waals surface area (Å²) in [7, 11) is 0. The molecular weight excluding hydrogens is 178 g/mol. The maximum Gasteiger partial charge on any atom is 0.0926 e. The van der Waals surface area contributed by atoms with Crippen LogP contribution in [-0.4, -0.2) is 29.1 Å². The van der Waals surface area contributed by atoms with Crippen molar-refractivity contribution in [2.45, 2.75) is 19.1 Å². The van der Waals surface area contributed by atoms with Crippen LogP contribution in [0.5, 0.6) is 0 Å². The zero-order valence-corrected chi connectivity index (χ0v) is 8.10. The third kappa shape index (κ3) is 2.29. The molecule has 2 heterocycles.